The highest BCUT2D eigenvalue weighted by Gasteiger charge is 2.19. The van der Waals surface area contributed by atoms with E-state index in [2.05, 4.69) is 124 Å². The molecule has 1 unspecified atom stereocenters. The molecule has 0 aromatic rings. The summed E-state index contributed by atoms with van der Waals surface area (Å²) in [6, 6.07) is 0. The van der Waals surface area contributed by atoms with Gasteiger partial charge in [-0.1, -0.05) is 304 Å². The lowest BCUT2D eigenvalue weighted by Crippen LogP contribution is -2.30. The van der Waals surface area contributed by atoms with E-state index in [1.165, 1.54) is 161 Å². The van der Waals surface area contributed by atoms with Gasteiger partial charge in [0.15, 0.2) is 6.10 Å². The van der Waals surface area contributed by atoms with Crippen molar-refractivity contribution in [2.45, 2.75) is 309 Å². The van der Waals surface area contributed by atoms with Crippen LogP contribution >= 0.6 is 0 Å². The fourth-order valence-electron chi connectivity index (χ4n) is 9.01. The third-order valence-corrected chi connectivity index (χ3v) is 13.8. The van der Waals surface area contributed by atoms with Crippen LogP contribution in [0.5, 0.6) is 0 Å². The Morgan fingerprint density at radius 1 is 0.273 bits per heavy atom. The predicted octanol–water partition coefficient (Wildman–Crippen LogP) is 22.2. The molecule has 1 atom stereocenters. The minimum absolute atomic E-state index is 0.102. The molecule has 0 N–H and O–H groups in total. The maximum atomic E-state index is 12.8. The van der Waals surface area contributed by atoms with Gasteiger partial charge in [0.1, 0.15) is 13.2 Å². The van der Waals surface area contributed by atoms with Gasteiger partial charge < -0.3 is 14.2 Å². The van der Waals surface area contributed by atoms with Crippen LogP contribution in [-0.2, 0) is 28.6 Å². The Bertz CT molecular complexity index is 1560. The first-order valence-corrected chi connectivity index (χ1v) is 32.4. The van der Waals surface area contributed by atoms with E-state index in [9.17, 15) is 14.4 Å². The van der Waals surface area contributed by atoms with Crippen LogP contribution in [0.3, 0.4) is 0 Å². The largest absolute Gasteiger partial charge is 0.462 e. The van der Waals surface area contributed by atoms with Crippen LogP contribution in [0.2, 0.25) is 0 Å². The topological polar surface area (TPSA) is 78.9 Å². The number of carbonyl (C=O) groups is 3. The van der Waals surface area contributed by atoms with E-state index in [-0.39, 0.29) is 37.5 Å². The standard InChI is InChI=1S/C71H120O6/c1-4-7-10-13-16-19-22-24-25-26-27-28-29-30-31-32-33-34-35-36-37-38-39-40-41-42-43-44-45-47-49-52-55-58-61-64-70(73)76-67-68(66-75-69(72)63-60-57-54-51-48-21-18-15-12-9-6-3)77-71(74)65-62-59-56-53-50-46-23-20-17-14-11-8-5-2/h7-8,10-11,16-17,19-20,24-25,27-28,30-31,46,50,56,59,68H,4-6,9,12-15,18,21-23,26,29,32-45,47-49,51-55,57-58,60-67H2,1-3H3/b10-7-,11-8-,19-16-,20-17-,25-24-,28-27-,31-30-,50-46-,59-56-. The Balaban J connectivity index is 4.08. The van der Waals surface area contributed by atoms with Crippen LogP contribution in [0.4, 0.5) is 0 Å². The molecule has 0 aliphatic rings. The van der Waals surface area contributed by atoms with Gasteiger partial charge in [-0.3, -0.25) is 14.4 Å². The molecule has 0 heterocycles. The summed E-state index contributed by atoms with van der Waals surface area (Å²) in [7, 11) is 0. The lowest BCUT2D eigenvalue weighted by atomic mass is 10.0. The first-order chi connectivity index (χ1) is 38.0. The SMILES string of the molecule is CC/C=C\C/C=C\C/C=C\C/C=C\C/C=C\CCCCCCCCCCCCCCCCCCCCCC(=O)OCC(COC(=O)CCCCCCCCCCCCC)OC(=O)CC/C=C\C/C=C\C/C=C\C/C=C\CC. The van der Waals surface area contributed by atoms with Crippen molar-refractivity contribution in [2.75, 3.05) is 13.2 Å². The molecule has 440 valence electrons. The second-order valence-electron chi connectivity index (χ2n) is 21.3. The summed E-state index contributed by atoms with van der Waals surface area (Å²) in [5, 5.41) is 0. The third-order valence-electron chi connectivity index (χ3n) is 13.8. The van der Waals surface area contributed by atoms with Gasteiger partial charge in [0, 0.05) is 19.3 Å². The minimum Gasteiger partial charge on any atom is -0.462 e. The van der Waals surface area contributed by atoms with Crippen LogP contribution in [0.1, 0.15) is 303 Å². The number of ether oxygens (including phenoxy) is 3. The molecule has 0 radical (unpaired) electrons. The maximum Gasteiger partial charge on any atom is 0.306 e. The zero-order chi connectivity index (χ0) is 55.7. The normalized spacial score (nSPS) is 12.8. The maximum absolute atomic E-state index is 12.8. The Hall–Kier alpha value is -3.93. The van der Waals surface area contributed by atoms with Gasteiger partial charge in [-0.2, -0.15) is 0 Å². The van der Waals surface area contributed by atoms with Crippen molar-refractivity contribution < 1.29 is 28.6 Å². The molecule has 0 fully saturated rings. The van der Waals surface area contributed by atoms with Crippen molar-refractivity contribution in [3.63, 3.8) is 0 Å². The molecule has 0 rings (SSSR count). The highest BCUT2D eigenvalue weighted by molar-refractivity contribution is 5.71. The molecular formula is C71H120O6. The van der Waals surface area contributed by atoms with Crippen LogP contribution in [-0.4, -0.2) is 37.2 Å². The molecule has 0 saturated heterocycles. The quantitative estimate of drug-likeness (QED) is 0.0261. The van der Waals surface area contributed by atoms with Crippen LogP contribution in [0.15, 0.2) is 109 Å². The number of unbranched alkanes of at least 4 members (excludes halogenated alkanes) is 29. The van der Waals surface area contributed by atoms with Crippen LogP contribution in [0.25, 0.3) is 0 Å². The Labute approximate surface area is 476 Å². The van der Waals surface area contributed by atoms with Crippen molar-refractivity contribution >= 4 is 17.9 Å². The molecule has 6 heteroatoms. The molecule has 0 aromatic heterocycles. The smallest absolute Gasteiger partial charge is 0.306 e. The first-order valence-electron chi connectivity index (χ1n) is 32.4. The van der Waals surface area contributed by atoms with E-state index in [0.29, 0.717) is 19.3 Å². The zero-order valence-electron chi connectivity index (χ0n) is 50.4. The minimum atomic E-state index is -0.812. The summed E-state index contributed by atoms with van der Waals surface area (Å²) in [5.41, 5.74) is 0. The highest BCUT2D eigenvalue weighted by Crippen LogP contribution is 2.17. The molecule has 0 aliphatic carbocycles. The average Bonchev–Trinajstić information content (AvgIpc) is 3.43. The summed E-state index contributed by atoms with van der Waals surface area (Å²) in [5.74, 6) is -0.977. The van der Waals surface area contributed by atoms with E-state index < -0.39 is 6.10 Å². The second kappa shape index (κ2) is 64.6. The number of hydrogen-bond acceptors (Lipinski definition) is 6. The number of rotatable bonds is 58. The molecule has 0 amide bonds. The van der Waals surface area contributed by atoms with Gasteiger partial charge in [0.05, 0.1) is 0 Å². The first kappa shape index (κ1) is 73.1. The number of esters is 3. The van der Waals surface area contributed by atoms with E-state index in [1.807, 2.05) is 6.08 Å². The predicted molar refractivity (Wildman–Crippen MR) is 334 cm³/mol. The van der Waals surface area contributed by atoms with Gasteiger partial charge in [-0.15, -0.1) is 0 Å². The van der Waals surface area contributed by atoms with Crippen molar-refractivity contribution in [3.05, 3.63) is 109 Å². The molecule has 0 bridgehead atoms. The van der Waals surface area contributed by atoms with E-state index in [0.717, 1.165) is 96.3 Å². The van der Waals surface area contributed by atoms with Crippen molar-refractivity contribution in [3.8, 4) is 0 Å². The lowest BCUT2D eigenvalue weighted by Gasteiger charge is -2.18. The van der Waals surface area contributed by atoms with E-state index in [1.54, 1.807) is 0 Å². The summed E-state index contributed by atoms with van der Waals surface area (Å²) in [6.07, 6.45) is 88.6. The summed E-state index contributed by atoms with van der Waals surface area (Å²) in [6.45, 7) is 6.36. The van der Waals surface area contributed by atoms with Gasteiger partial charge >= 0.3 is 17.9 Å². The average molecular weight is 1070 g/mol. The Morgan fingerprint density at radius 3 is 0.844 bits per heavy atom. The fourth-order valence-corrected chi connectivity index (χ4v) is 9.01. The lowest BCUT2D eigenvalue weighted by molar-refractivity contribution is -0.166. The van der Waals surface area contributed by atoms with Crippen LogP contribution in [0, 0.1) is 0 Å². The highest BCUT2D eigenvalue weighted by atomic mass is 16.6. The fraction of sp³-hybridized carbons (Fsp3) is 0.704. The van der Waals surface area contributed by atoms with Crippen molar-refractivity contribution in [1.29, 1.82) is 0 Å². The molecule has 0 aromatic carbocycles. The molecule has 0 aliphatic heterocycles. The second-order valence-corrected chi connectivity index (χ2v) is 21.3. The Kier molecular flexibility index (Phi) is 61.3. The molecule has 0 spiro atoms. The number of hydrogen-bond donors (Lipinski definition) is 0. The van der Waals surface area contributed by atoms with Gasteiger partial charge in [0.2, 0.25) is 0 Å². The van der Waals surface area contributed by atoms with Gasteiger partial charge in [0.25, 0.3) is 0 Å². The molecule has 0 saturated carbocycles. The molecule has 77 heavy (non-hydrogen) atoms. The monoisotopic (exact) mass is 1070 g/mol. The van der Waals surface area contributed by atoms with Crippen LogP contribution < -0.4 is 0 Å². The number of carbonyl (C=O) groups excluding carboxylic acids is 3. The van der Waals surface area contributed by atoms with Crippen molar-refractivity contribution in [1.82, 2.24) is 0 Å². The molecule has 6 nitrogen and oxygen atoms in total. The molecular weight excluding hydrogens is 949 g/mol. The number of allylic oxidation sites excluding steroid dienone is 18. The summed E-state index contributed by atoms with van der Waals surface area (Å²) >= 11 is 0. The van der Waals surface area contributed by atoms with E-state index >= 15 is 0 Å². The van der Waals surface area contributed by atoms with Gasteiger partial charge in [-0.25, -0.2) is 0 Å². The third kappa shape index (κ3) is 62.8. The Morgan fingerprint density at radius 2 is 0.532 bits per heavy atom. The summed E-state index contributed by atoms with van der Waals surface area (Å²) < 4.78 is 16.8. The summed E-state index contributed by atoms with van der Waals surface area (Å²) in [4.78, 5) is 38.1. The van der Waals surface area contributed by atoms with E-state index in [4.69, 9.17) is 14.2 Å². The van der Waals surface area contributed by atoms with Gasteiger partial charge in [-0.05, 0) is 89.9 Å². The zero-order valence-corrected chi connectivity index (χ0v) is 50.4. The van der Waals surface area contributed by atoms with Crippen molar-refractivity contribution in [2.24, 2.45) is 0 Å².